The molecule has 0 amide bonds. The quantitative estimate of drug-likeness (QED) is 0.744. The predicted octanol–water partition coefficient (Wildman–Crippen LogP) is 2.04. The van der Waals surface area contributed by atoms with E-state index >= 15 is 0 Å². The van der Waals surface area contributed by atoms with E-state index in [1.165, 1.54) is 12.0 Å². The second-order valence-corrected chi connectivity index (χ2v) is 6.05. The highest BCUT2D eigenvalue weighted by Crippen LogP contribution is 2.13. The molecule has 1 heterocycles. The summed E-state index contributed by atoms with van der Waals surface area (Å²) in [4.78, 5) is 2.53. The molecule has 0 saturated carbocycles. The van der Waals surface area contributed by atoms with Crippen LogP contribution in [-0.2, 0) is 4.74 Å². The van der Waals surface area contributed by atoms with Crippen molar-refractivity contribution in [3.63, 3.8) is 0 Å². The second-order valence-electron chi connectivity index (χ2n) is 6.05. The summed E-state index contributed by atoms with van der Waals surface area (Å²) < 4.78 is 5.36. The maximum atomic E-state index is 5.36. The average Bonchev–Trinajstić information content (AvgIpc) is 2.23. The molecule has 0 aromatic rings. The van der Waals surface area contributed by atoms with Crippen LogP contribution >= 0.6 is 0 Å². The van der Waals surface area contributed by atoms with Crippen LogP contribution < -0.4 is 5.32 Å². The molecule has 17 heavy (non-hydrogen) atoms. The first-order valence-corrected chi connectivity index (χ1v) is 6.56. The summed E-state index contributed by atoms with van der Waals surface area (Å²) in [5.74, 6) is 0. The van der Waals surface area contributed by atoms with Gasteiger partial charge < -0.3 is 10.1 Å². The van der Waals surface area contributed by atoms with E-state index in [1.807, 2.05) is 0 Å². The van der Waals surface area contributed by atoms with Gasteiger partial charge in [-0.3, -0.25) is 4.90 Å². The molecule has 1 N–H and O–H groups in total. The van der Waals surface area contributed by atoms with Crippen molar-refractivity contribution in [3.8, 4) is 0 Å². The Balaban J connectivity index is 2.50. The van der Waals surface area contributed by atoms with E-state index in [-0.39, 0.29) is 5.54 Å². The Morgan fingerprint density at radius 3 is 2.71 bits per heavy atom. The first-order valence-electron chi connectivity index (χ1n) is 6.56. The number of hydrogen-bond acceptors (Lipinski definition) is 3. The topological polar surface area (TPSA) is 24.5 Å². The van der Waals surface area contributed by atoms with Crippen LogP contribution in [0.4, 0.5) is 0 Å². The third kappa shape index (κ3) is 5.66. The predicted molar refractivity (Wildman–Crippen MR) is 73.4 cm³/mol. The standard InChI is InChI=1S/C14H28N2O/c1-12-7-6-8-16(10-12)13(11-17-5)9-15-14(2,3)4/h7,13,15H,6,8-11H2,1-5H3. The Bertz CT molecular complexity index is 255. The van der Waals surface area contributed by atoms with Crippen molar-refractivity contribution in [1.82, 2.24) is 10.2 Å². The van der Waals surface area contributed by atoms with E-state index in [4.69, 9.17) is 4.74 Å². The zero-order chi connectivity index (χ0) is 12.9. The molecular formula is C14H28N2O. The zero-order valence-electron chi connectivity index (χ0n) is 12.0. The van der Waals surface area contributed by atoms with E-state index < -0.39 is 0 Å². The van der Waals surface area contributed by atoms with Crippen LogP contribution in [0.3, 0.4) is 0 Å². The smallest absolute Gasteiger partial charge is 0.0630 e. The van der Waals surface area contributed by atoms with E-state index in [1.54, 1.807) is 7.11 Å². The van der Waals surface area contributed by atoms with Crippen LogP contribution in [0.15, 0.2) is 11.6 Å². The number of nitrogens with one attached hydrogen (secondary N) is 1. The molecule has 0 aromatic heterocycles. The van der Waals surface area contributed by atoms with Gasteiger partial charge in [-0.25, -0.2) is 0 Å². The molecule has 1 aliphatic heterocycles. The van der Waals surface area contributed by atoms with Gasteiger partial charge in [0.15, 0.2) is 0 Å². The molecule has 1 atom stereocenters. The van der Waals surface area contributed by atoms with Gasteiger partial charge in [0.1, 0.15) is 0 Å². The fourth-order valence-corrected chi connectivity index (χ4v) is 2.16. The summed E-state index contributed by atoms with van der Waals surface area (Å²) >= 11 is 0. The molecule has 1 unspecified atom stereocenters. The molecule has 0 radical (unpaired) electrons. The van der Waals surface area contributed by atoms with Crippen LogP contribution in [0.5, 0.6) is 0 Å². The number of rotatable bonds is 5. The van der Waals surface area contributed by atoms with Gasteiger partial charge in [0.25, 0.3) is 0 Å². The fraction of sp³-hybridized carbons (Fsp3) is 0.857. The minimum atomic E-state index is 0.173. The van der Waals surface area contributed by atoms with E-state index in [0.717, 1.165) is 26.2 Å². The van der Waals surface area contributed by atoms with Crippen molar-refractivity contribution in [2.24, 2.45) is 0 Å². The monoisotopic (exact) mass is 240 g/mol. The lowest BCUT2D eigenvalue weighted by Crippen LogP contribution is -2.50. The van der Waals surface area contributed by atoms with Gasteiger partial charge in [-0.2, -0.15) is 0 Å². The van der Waals surface area contributed by atoms with Crippen molar-refractivity contribution in [2.45, 2.75) is 45.7 Å². The van der Waals surface area contributed by atoms with E-state index in [0.29, 0.717) is 6.04 Å². The van der Waals surface area contributed by atoms with Gasteiger partial charge in [0.2, 0.25) is 0 Å². The lowest BCUT2D eigenvalue weighted by Gasteiger charge is -2.35. The Morgan fingerprint density at radius 2 is 2.18 bits per heavy atom. The number of hydrogen-bond donors (Lipinski definition) is 1. The SMILES string of the molecule is COCC(CNC(C)(C)C)N1CCC=C(C)C1. The zero-order valence-corrected chi connectivity index (χ0v) is 12.0. The van der Waals surface area contributed by atoms with Gasteiger partial charge in [-0.05, 0) is 34.1 Å². The minimum Gasteiger partial charge on any atom is -0.383 e. The molecule has 1 aliphatic rings. The molecular weight excluding hydrogens is 212 g/mol. The minimum absolute atomic E-state index is 0.173. The Kier molecular flexibility index (Phi) is 5.63. The van der Waals surface area contributed by atoms with Gasteiger partial charge in [-0.15, -0.1) is 0 Å². The number of nitrogens with zero attached hydrogens (tertiary/aromatic N) is 1. The molecule has 0 spiro atoms. The Labute approximate surface area is 106 Å². The normalized spacial score (nSPS) is 20.2. The van der Waals surface area contributed by atoms with E-state index in [2.05, 4.69) is 44.0 Å². The maximum Gasteiger partial charge on any atom is 0.0630 e. The molecule has 0 aliphatic carbocycles. The van der Waals surface area contributed by atoms with Crippen LogP contribution in [0.2, 0.25) is 0 Å². The van der Waals surface area contributed by atoms with Crippen LogP contribution in [-0.4, -0.2) is 49.8 Å². The summed E-state index contributed by atoms with van der Waals surface area (Å²) in [6.45, 7) is 12.9. The summed E-state index contributed by atoms with van der Waals surface area (Å²) in [7, 11) is 1.79. The van der Waals surface area contributed by atoms with Gasteiger partial charge in [0.05, 0.1) is 6.61 Å². The van der Waals surface area contributed by atoms with Crippen molar-refractivity contribution >= 4 is 0 Å². The van der Waals surface area contributed by atoms with Crippen LogP contribution in [0, 0.1) is 0 Å². The molecule has 0 aromatic carbocycles. The van der Waals surface area contributed by atoms with Crippen molar-refractivity contribution in [2.75, 3.05) is 33.4 Å². The molecule has 100 valence electrons. The van der Waals surface area contributed by atoms with Gasteiger partial charge >= 0.3 is 0 Å². The van der Waals surface area contributed by atoms with Gasteiger partial charge in [0, 0.05) is 38.3 Å². The van der Waals surface area contributed by atoms with Crippen LogP contribution in [0.1, 0.15) is 34.1 Å². The maximum absolute atomic E-state index is 5.36. The Morgan fingerprint density at radius 1 is 1.47 bits per heavy atom. The Hall–Kier alpha value is -0.380. The molecule has 0 bridgehead atoms. The number of methoxy groups -OCH3 is 1. The first kappa shape index (κ1) is 14.7. The largest absolute Gasteiger partial charge is 0.383 e. The molecule has 0 saturated heterocycles. The van der Waals surface area contributed by atoms with Gasteiger partial charge in [-0.1, -0.05) is 11.6 Å². The third-order valence-corrected chi connectivity index (χ3v) is 3.11. The highest BCUT2D eigenvalue weighted by molar-refractivity contribution is 5.05. The lowest BCUT2D eigenvalue weighted by atomic mass is 10.1. The highest BCUT2D eigenvalue weighted by Gasteiger charge is 2.22. The second kappa shape index (κ2) is 6.53. The summed E-state index contributed by atoms with van der Waals surface area (Å²) in [5.41, 5.74) is 1.65. The van der Waals surface area contributed by atoms with Crippen LogP contribution in [0.25, 0.3) is 0 Å². The summed E-state index contributed by atoms with van der Waals surface area (Å²) in [6.07, 6.45) is 3.51. The molecule has 1 rings (SSSR count). The van der Waals surface area contributed by atoms with Crippen molar-refractivity contribution in [1.29, 1.82) is 0 Å². The molecule has 3 heteroatoms. The van der Waals surface area contributed by atoms with Crippen molar-refractivity contribution < 1.29 is 4.74 Å². The lowest BCUT2D eigenvalue weighted by molar-refractivity contribution is 0.0892. The van der Waals surface area contributed by atoms with Crippen molar-refractivity contribution in [3.05, 3.63) is 11.6 Å². The highest BCUT2D eigenvalue weighted by atomic mass is 16.5. The molecule has 3 nitrogen and oxygen atoms in total. The number of ether oxygens (including phenoxy) is 1. The van der Waals surface area contributed by atoms with E-state index in [9.17, 15) is 0 Å². The fourth-order valence-electron chi connectivity index (χ4n) is 2.16. The summed E-state index contributed by atoms with van der Waals surface area (Å²) in [5, 5.41) is 3.58. The third-order valence-electron chi connectivity index (χ3n) is 3.11. The molecule has 0 fully saturated rings. The first-order chi connectivity index (χ1) is 7.92. The average molecular weight is 240 g/mol. The summed E-state index contributed by atoms with van der Waals surface area (Å²) in [6, 6.07) is 0.475.